The molecule has 0 bridgehead atoms. The summed E-state index contributed by atoms with van der Waals surface area (Å²) in [4.78, 5) is 31.4. The molecule has 9 heteroatoms. The molecular formula is C30H42N2O7. The van der Waals surface area contributed by atoms with Crippen molar-refractivity contribution in [2.75, 3.05) is 26.3 Å². The van der Waals surface area contributed by atoms with Gasteiger partial charge in [-0.2, -0.15) is 0 Å². The second kappa shape index (κ2) is 14.4. The Kier molecular flexibility index (Phi) is 11.3. The first-order valence-corrected chi connectivity index (χ1v) is 13.6. The number of aliphatic hydroxyl groups excluding tert-OH is 1. The number of ether oxygens (including phenoxy) is 3. The third-order valence-electron chi connectivity index (χ3n) is 7.18. The number of carbonyl (C=O) groups is 2. The van der Waals surface area contributed by atoms with Crippen LogP contribution in [0.15, 0.2) is 60.3 Å². The fourth-order valence-electron chi connectivity index (χ4n) is 4.59. The van der Waals surface area contributed by atoms with E-state index in [0.29, 0.717) is 26.3 Å². The lowest BCUT2D eigenvalue weighted by atomic mass is 9.88. The molecular weight excluding hydrogens is 500 g/mol. The van der Waals surface area contributed by atoms with Gasteiger partial charge < -0.3 is 29.3 Å². The van der Waals surface area contributed by atoms with Crippen LogP contribution in [-0.2, 0) is 19.0 Å². The maximum absolute atomic E-state index is 12.8. The maximum Gasteiger partial charge on any atom is 0.410 e. The Bertz CT molecular complexity index is 1030. The first-order valence-electron chi connectivity index (χ1n) is 13.6. The molecule has 214 valence electrons. The molecule has 9 nitrogen and oxygen atoms in total. The van der Waals surface area contributed by atoms with E-state index in [2.05, 4.69) is 11.9 Å². The van der Waals surface area contributed by atoms with Gasteiger partial charge in [-0.05, 0) is 50.5 Å². The highest BCUT2D eigenvalue weighted by atomic mass is 16.6. The molecule has 0 unspecified atom stereocenters. The van der Waals surface area contributed by atoms with Crippen LogP contribution in [0.2, 0.25) is 0 Å². The number of morpholine rings is 1. The third-order valence-corrected chi connectivity index (χ3v) is 7.18. The van der Waals surface area contributed by atoms with Gasteiger partial charge in [0.15, 0.2) is 6.10 Å². The van der Waals surface area contributed by atoms with Crippen LogP contribution in [0.25, 0.3) is 0 Å². The highest BCUT2D eigenvalue weighted by Gasteiger charge is 2.36. The number of cyclic esters (lactones) is 1. The van der Waals surface area contributed by atoms with Crippen LogP contribution in [-0.4, -0.2) is 82.4 Å². The van der Waals surface area contributed by atoms with Crippen molar-refractivity contribution in [3.8, 4) is 0 Å². The predicted molar refractivity (Wildman–Crippen MR) is 147 cm³/mol. The normalized spacial score (nSPS) is 31.1. The number of allylic oxidation sites excluding steroid dienone is 3. The highest BCUT2D eigenvalue weighted by Crippen LogP contribution is 2.27. The summed E-state index contributed by atoms with van der Waals surface area (Å²) in [5, 5.41) is 21.7. The van der Waals surface area contributed by atoms with Gasteiger partial charge in [0.05, 0.1) is 25.7 Å². The minimum absolute atomic E-state index is 0.103. The summed E-state index contributed by atoms with van der Waals surface area (Å²) in [6.45, 7) is 9.10. The second-order valence-corrected chi connectivity index (χ2v) is 10.7. The second-order valence-electron chi connectivity index (χ2n) is 10.7. The molecule has 0 aliphatic carbocycles. The number of esters is 1. The van der Waals surface area contributed by atoms with Crippen molar-refractivity contribution in [2.45, 2.75) is 76.8 Å². The van der Waals surface area contributed by atoms with Crippen molar-refractivity contribution in [3.05, 3.63) is 66.0 Å². The average Bonchev–Trinajstić information content (AvgIpc) is 2.92. The van der Waals surface area contributed by atoms with Crippen LogP contribution < -0.4 is 0 Å². The number of carbonyl (C=O) groups excluding carboxylic acids is 2. The Morgan fingerprint density at radius 2 is 2.03 bits per heavy atom. The fraction of sp³-hybridized carbons (Fsp3) is 0.567. The molecule has 1 aromatic heterocycles. The van der Waals surface area contributed by atoms with Crippen molar-refractivity contribution in [1.82, 2.24) is 9.88 Å². The molecule has 6 atom stereocenters. The number of amides is 1. The smallest absolute Gasteiger partial charge is 0.410 e. The van der Waals surface area contributed by atoms with Gasteiger partial charge in [0.2, 0.25) is 0 Å². The van der Waals surface area contributed by atoms with Crippen LogP contribution in [0, 0.1) is 5.92 Å². The summed E-state index contributed by atoms with van der Waals surface area (Å²) >= 11 is 0. The molecule has 1 saturated heterocycles. The number of nitrogens with zero attached hydrogens (tertiary/aromatic N) is 2. The third kappa shape index (κ3) is 9.30. The van der Waals surface area contributed by atoms with E-state index in [1.807, 2.05) is 50.3 Å². The van der Waals surface area contributed by atoms with E-state index in [1.54, 1.807) is 30.2 Å². The molecule has 39 heavy (non-hydrogen) atoms. The molecule has 3 heterocycles. The minimum atomic E-state index is -1.45. The van der Waals surface area contributed by atoms with Crippen LogP contribution in [0.1, 0.15) is 58.6 Å². The Hall–Kier alpha value is -3.01. The summed E-state index contributed by atoms with van der Waals surface area (Å²) in [6.07, 6.45) is 8.04. The van der Waals surface area contributed by atoms with Gasteiger partial charge >= 0.3 is 12.1 Å². The van der Waals surface area contributed by atoms with E-state index in [0.717, 1.165) is 11.3 Å². The Morgan fingerprint density at radius 3 is 2.72 bits per heavy atom. The van der Waals surface area contributed by atoms with Crippen LogP contribution in [0.3, 0.4) is 0 Å². The van der Waals surface area contributed by atoms with Gasteiger partial charge in [-0.3, -0.25) is 9.78 Å². The quantitative estimate of drug-likeness (QED) is 0.327. The average molecular weight is 543 g/mol. The van der Waals surface area contributed by atoms with E-state index < -0.39 is 36.0 Å². The van der Waals surface area contributed by atoms with Gasteiger partial charge in [-0.15, -0.1) is 0 Å². The van der Waals surface area contributed by atoms with Crippen molar-refractivity contribution in [2.24, 2.45) is 5.92 Å². The highest BCUT2D eigenvalue weighted by molar-refractivity contribution is 5.70. The van der Waals surface area contributed by atoms with E-state index in [1.165, 1.54) is 0 Å². The topological polar surface area (TPSA) is 118 Å². The minimum Gasteiger partial charge on any atom is -0.457 e. The molecule has 1 fully saturated rings. The van der Waals surface area contributed by atoms with Crippen molar-refractivity contribution in [1.29, 1.82) is 0 Å². The SMILES string of the molecule is C/C(=C\C=C\[C@@H](C)c1ccccn1)[C@H]1OC(=O)C[C@H](O)CC[C@@](C)(O)[C@@H](OC(=O)N2CCOCC2)/C=C/[C@@H]1C. The van der Waals surface area contributed by atoms with Gasteiger partial charge in [0, 0.05) is 36.8 Å². The maximum atomic E-state index is 12.8. The number of rotatable bonds is 5. The lowest BCUT2D eigenvalue weighted by molar-refractivity contribution is -0.151. The monoisotopic (exact) mass is 542 g/mol. The zero-order chi connectivity index (χ0) is 28.4. The van der Waals surface area contributed by atoms with Gasteiger partial charge in [0.1, 0.15) is 11.7 Å². The first-order chi connectivity index (χ1) is 18.6. The molecule has 1 amide bonds. The number of pyridine rings is 1. The van der Waals surface area contributed by atoms with Crippen LogP contribution in [0.5, 0.6) is 0 Å². The molecule has 0 aromatic carbocycles. The lowest BCUT2D eigenvalue weighted by Crippen LogP contribution is -2.47. The predicted octanol–water partition coefficient (Wildman–Crippen LogP) is 3.92. The summed E-state index contributed by atoms with van der Waals surface area (Å²) < 4.78 is 16.9. The van der Waals surface area contributed by atoms with E-state index in [9.17, 15) is 19.8 Å². The largest absolute Gasteiger partial charge is 0.457 e. The standard InChI is InChI=1S/C30H42N2O7/c1-21(25-10-5-6-15-31-25)8-7-9-22(2)28-23(3)11-12-26(38-29(35)32-16-18-37-19-17-32)30(4,36)14-13-24(33)20-27(34)39-28/h5-12,15,21,23-24,26,28,33,36H,13-14,16-20H2,1-4H3/b8-7+,12-11+,22-9+/t21-,23+,24-,26+,28-,30-/m1/s1. The van der Waals surface area contributed by atoms with E-state index in [4.69, 9.17) is 14.2 Å². The molecule has 0 spiro atoms. The molecule has 2 aliphatic rings. The number of aliphatic hydroxyl groups is 2. The molecule has 3 rings (SSSR count). The molecule has 0 saturated carbocycles. The molecule has 2 N–H and O–H groups in total. The summed E-state index contributed by atoms with van der Waals surface area (Å²) in [5.41, 5.74) is 0.310. The van der Waals surface area contributed by atoms with Gasteiger partial charge in [0.25, 0.3) is 0 Å². The molecule has 2 aliphatic heterocycles. The van der Waals surface area contributed by atoms with Gasteiger partial charge in [-0.25, -0.2) is 4.79 Å². The first kappa shape index (κ1) is 30.5. The Labute approximate surface area is 231 Å². The van der Waals surface area contributed by atoms with Gasteiger partial charge in [-0.1, -0.05) is 44.2 Å². The lowest BCUT2D eigenvalue weighted by Gasteiger charge is -2.35. The van der Waals surface area contributed by atoms with Crippen molar-refractivity contribution < 1.29 is 34.0 Å². The van der Waals surface area contributed by atoms with Crippen LogP contribution in [0.4, 0.5) is 4.79 Å². The summed E-state index contributed by atoms with van der Waals surface area (Å²) in [7, 11) is 0. The van der Waals surface area contributed by atoms with Crippen molar-refractivity contribution >= 4 is 12.1 Å². The Morgan fingerprint density at radius 1 is 1.28 bits per heavy atom. The van der Waals surface area contributed by atoms with Crippen LogP contribution >= 0.6 is 0 Å². The molecule has 1 aromatic rings. The van der Waals surface area contributed by atoms with Crippen molar-refractivity contribution in [3.63, 3.8) is 0 Å². The fourth-order valence-corrected chi connectivity index (χ4v) is 4.59. The number of hydrogen-bond donors (Lipinski definition) is 2. The summed E-state index contributed by atoms with van der Waals surface area (Å²) in [5.74, 6) is -0.712. The number of hydrogen-bond acceptors (Lipinski definition) is 8. The Balaban J connectivity index is 1.81. The van der Waals surface area contributed by atoms with E-state index >= 15 is 0 Å². The number of aromatic nitrogens is 1. The summed E-state index contributed by atoms with van der Waals surface area (Å²) in [6, 6.07) is 5.79. The van der Waals surface area contributed by atoms with E-state index in [-0.39, 0.29) is 31.1 Å². The zero-order valence-electron chi connectivity index (χ0n) is 23.4. The molecule has 0 radical (unpaired) electrons. The zero-order valence-corrected chi connectivity index (χ0v) is 23.4.